The molecule has 1 N–H and O–H groups in total. The van der Waals surface area contributed by atoms with Crippen molar-refractivity contribution in [1.82, 2.24) is 0 Å². The van der Waals surface area contributed by atoms with Crippen LogP contribution in [0.15, 0.2) is 82.9 Å². The first-order valence-electron chi connectivity index (χ1n) is 10.6. The molecule has 0 bridgehead atoms. The molecule has 2 nitrogen and oxygen atoms in total. The number of hydrogen-bond acceptors (Lipinski definition) is 3. The van der Waals surface area contributed by atoms with E-state index in [1.54, 1.807) is 11.8 Å². The number of allylic oxidation sites excluding steroid dienone is 3. The van der Waals surface area contributed by atoms with Gasteiger partial charge in [-0.2, -0.15) is 0 Å². The molecule has 0 amide bonds. The van der Waals surface area contributed by atoms with Crippen LogP contribution in [0.3, 0.4) is 0 Å². The van der Waals surface area contributed by atoms with Gasteiger partial charge in [0.05, 0.1) is 18.0 Å². The molecule has 1 aliphatic carbocycles. The third kappa shape index (κ3) is 7.91. The lowest BCUT2D eigenvalue weighted by molar-refractivity contribution is 0.00215. The first kappa shape index (κ1) is 23.6. The van der Waals surface area contributed by atoms with Gasteiger partial charge in [-0.1, -0.05) is 68.1 Å². The van der Waals surface area contributed by atoms with Gasteiger partial charge in [0.1, 0.15) is 0 Å². The average Bonchev–Trinajstić information content (AvgIpc) is 2.67. The highest BCUT2D eigenvalue weighted by atomic mass is 32.2. The van der Waals surface area contributed by atoms with Crippen LogP contribution in [0.25, 0.3) is 0 Å². The zero-order valence-electron chi connectivity index (χ0n) is 18.2. The highest BCUT2D eigenvalue weighted by Crippen LogP contribution is 2.40. The van der Waals surface area contributed by atoms with Crippen molar-refractivity contribution in [1.29, 1.82) is 0 Å². The Hall–Kier alpha value is -1.71. The molecule has 2 atom stereocenters. The second kappa shape index (κ2) is 11.5. The first-order valence-corrected chi connectivity index (χ1v) is 11.4. The quantitative estimate of drug-likeness (QED) is 0.235. The predicted molar refractivity (Wildman–Crippen MR) is 126 cm³/mol. The molecule has 2 unspecified atom stereocenters. The van der Waals surface area contributed by atoms with Crippen molar-refractivity contribution in [2.45, 2.75) is 63.4 Å². The van der Waals surface area contributed by atoms with Crippen LogP contribution in [-0.4, -0.2) is 17.3 Å². The van der Waals surface area contributed by atoms with Crippen LogP contribution in [-0.2, 0) is 4.74 Å². The summed E-state index contributed by atoms with van der Waals surface area (Å²) < 4.78 is 5.94. The molecule has 0 aliphatic heterocycles. The highest BCUT2D eigenvalue weighted by Gasteiger charge is 2.38. The molecule has 0 fully saturated rings. The average molecular weight is 413 g/mol. The number of ether oxygens (including phenoxy) is 1. The minimum atomic E-state index is -0.870. The SMILES string of the molecule is C=C/C(=C\CCC1CCC(OCC(C)C)=CC1(O)CC(=C)C)Sc1ccccc1. The molecule has 1 aromatic carbocycles. The predicted octanol–water partition coefficient (Wildman–Crippen LogP) is 7.29. The molecule has 1 aliphatic rings. The summed E-state index contributed by atoms with van der Waals surface area (Å²) in [6.45, 7) is 15.0. The van der Waals surface area contributed by atoms with Crippen molar-refractivity contribution in [2.24, 2.45) is 11.8 Å². The number of benzene rings is 1. The summed E-state index contributed by atoms with van der Waals surface area (Å²) >= 11 is 1.73. The van der Waals surface area contributed by atoms with E-state index in [4.69, 9.17) is 4.74 Å². The lowest BCUT2D eigenvalue weighted by Crippen LogP contribution is -2.39. The summed E-state index contributed by atoms with van der Waals surface area (Å²) in [4.78, 5) is 2.37. The van der Waals surface area contributed by atoms with Crippen molar-refractivity contribution in [3.05, 3.63) is 78.0 Å². The standard InChI is InChI=1S/C26H36O2S/c1-6-24(29-25-12-8-7-9-13-25)14-10-11-22-15-16-23(28-19-21(4)5)18-26(22,27)17-20(2)3/h6-9,12-14,18,21-22,27H,1-2,10-11,15-17,19H2,3-5H3/b24-14+. The Balaban J connectivity index is 2.03. The molecular formula is C26H36O2S. The Morgan fingerprint density at radius 1 is 1.34 bits per heavy atom. The Bertz CT molecular complexity index is 732. The van der Waals surface area contributed by atoms with Crippen LogP contribution in [0.2, 0.25) is 0 Å². The van der Waals surface area contributed by atoms with Crippen molar-refractivity contribution >= 4 is 11.8 Å². The van der Waals surface area contributed by atoms with E-state index >= 15 is 0 Å². The summed E-state index contributed by atoms with van der Waals surface area (Å²) in [5.41, 5.74) is 0.131. The number of hydrogen-bond donors (Lipinski definition) is 1. The van der Waals surface area contributed by atoms with E-state index in [2.05, 4.69) is 45.2 Å². The van der Waals surface area contributed by atoms with Gasteiger partial charge >= 0.3 is 0 Å². The molecule has 2 rings (SSSR count). The molecule has 0 aromatic heterocycles. The summed E-state index contributed by atoms with van der Waals surface area (Å²) in [6.07, 6.45) is 10.4. The minimum absolute atomic E-state index is 0.203. The Morgan fingerprint density at radius 2 is 2.07 bits per heavy atom. The molecular weight excluding hydrogens is 376 g/mol. The number of thioether (sulfide) groups is 1. The van der Waals surface area contributed by atoms with E-state index in [9.17, 15) is 5.11 Å². The van der Waals surface area contributed by atoms with Gasteiger partial charge in [-0.25, -0.2) is 0 Å². The summed E-state index contributed by atoms with van der Waals surface area (Å²) in [5, 5.41) is 11.4. The molecule has 158 valence electrons. The van der Waals surface area contributed by atoms with Crippen molar-refractivity contribution in [2.75, 3.05) is 6.61 Å². The molecule has 3 heteroatoms. The Morgan fingerprint density at radius 3 is 2.69 bits per heavy atom. The van der Waals surface area contributed by atoms with Crippen LogP contribution < -0.4 is 0 Å². The van der Waals surface area contributed by atoms with Gasteiger partial charge in [0.15, 0.2) is 0 Å². The van der Waals surface area contributed by atoms with Crippen LogP contribution in [0.5, 0.6) is 0 Å². The van der Waals surface area contributed by atoms with E-state index in [1.807, 2.05) is 37.3 Å². The van der Waals surface area contributed by atoms with E-state index in [0.29, 0.717) is 18.9 Å². The van der Waals surface area contributed by atoms with Crippen LogP contribution >= 0.6 is 11.8 Å². The second-order valence-electron chi connectivity index (χ2n) is 8.48. The molecule has 0 spiro atoms. The fraction of sp³-hybridized carbons (Fsp3) is 0.462. The van der Waals surface area contributed by atoms with E-state index in [-0.39, 0.29) is 5.92 Å². The molecule has 29 heavy (non-hydrogen) atoms. The Kier molecular flexibility index (Phi) is 9.32. The summed E-state index contributed by atoms with van der Waals surface area (Å²) in [5.74, 6) is 1.61. The highest BCUT2D eigenvalue weighted by molar-refractivity contribution is 8.03. The lowest BCUT2D eigenvalue weighted by atomic mass is 9.73. The third-order valence-corrected chi connectivity index (χ3v) is 6.16. The molecule has 0 heterocycles. The fourth-order valence-corrected chi connectivity index (χ4v) is 4.56. The second-order valence-corrected chi connectivity index (χ2v) is 9.63. The normalized spacial score (nSPS) is 22.3. The molecule has 0 radical (unpaired) electrons. The topological polar surface area (TPSA) is 29.5 Å². The van der Waals surface area contributed by atoms with Gasteiger partial charge in [0, 0.05) is 22.6 Å². The first-order chi connectivity index (χ1) is 13.8. The van der Waals surface area contributed by atoms with Gasteiger partial charge in [-0.05, 0) is 56.2 Å². The number of aliphatic hydroxyl groups is 1. The van der Waals surface area contributed by atoms with Gasteiger partial charge in [-0.15, -0.1) is 6.58 Å². The van der Waals surface area contributed by atoms with Gasteiger partial charge < -0.3 is 9.84 Å². The summed E-state index contributed by atoms with van der Waals surface area (Å²) in [7, 11) is 0. The third-order valence-electron chi connectivity index (χ3n) is 5.08. The largest absolute Gasteiger partial charge is 0.498 e. The van der Waals surface area contributed by atoms with E-state index in [0.717, 1.165) is 41.9 Å². The van der Waals surface area contributed by atoms with Crippen LogP contribution in [0, 0.1) is 11.8 Å². The maximum atomic E-state index is 11.4. The number of rotatable bonds is 11. The monoisotopic (exact) mass is 412 g/mol. The smallest absolute Gasteiger partial charge is 0.0948 e. The maximum Gasteiger partial charge on any atom is 0.0948 e. The fourth-order valence-electron chi connectivity index (χ4n) is 3.71. The van der Waals surface area contributed by atoms with Gasteiger partial charge in [0.2, 0.25) is 0 Å². The van der Waals surface area contributed by atoms with Crippen molar-refractivity contribution in [3.63, 3.8) is 0 Å². The summed E-state index contributed by atoms with van der Waals surface area (Å²) in [6, 6.07) is 10.3. The maximum absolute atomic E-state index is 11.4. The van der Waals surface area contributed by atoms with E-state index in [1.165, 1.54) is 4.90 Å². The molecule has 1 aromatic rings. The van der Waals surface area contributed by atoms with Gasteiger partial charge in [-0.3, -0.25) is 0 Å². The van der Waals surface area contributed by atoms with Crippen molar-refractivity contribution in [3.8, 4) is 0 Å². The lowest BCUT2D eigenvalue weighted by Gasteiger charge is -2.38. The molecule has 0 saturated heterocycles. The zero-order chi connectivity index (χ0) is 21.3. The Labute approximate surface area is 181 Å². The van der Waals surface area contributed by atoms with Crippen LogP contribution in [0.1, 0.15) is 52.9 Å². The van der Waals surface area contributed by atoms with Crippen LogP contribution in [0.4, 0.5) is 0 Å². The van der Waals surface area contributed by atoms with Crippen molar-refractivity contribution < 1.29 is 9.84 Å². The minimum Gasteiger partial charge on any atom is -0.498 e. The van der Waals surface area contributed by atoms with E-state index < -0.39 is 5.60 Å². The molecule has 0 saturated carbocycles. The zero-order valence-corrected chi connectivity index (χ0v) is 19.0. The van der Waals surface area contributed by atoms with Gasteiger partial charge in [0.25, 0.3) is 0 Å².